The van der Waals surface area contributed by atoms with Crippen LogP contribution in [-0.4, -0.2) is 12.3 Å². The van der Waals surface area contributed by atoms with E-state index >= 15 is 0 Å². The molecule has 0 spiro atoms. The zero-order chi connectivity index (χ0) is 17.2. The molecule has 0 unspecified atom stereocenters. The van der Waals surface area contributed by atoms with Gasteiger partial charge >= 0.3 is 6.36 Å². The molecule has 0 radical (unpaired) electrons. The van der Waals surface area contributed by atoms with Crippen LogP contribution < -0.4 is 4.74 Å². The zero-order valence-electron chi connectivity index (χ0n) is 13.2. The molecule has 6 heteroatoms. The lowest BCUT2D eigenvalue weighted by Gasteiger charge is -2.25. The highest BCUT2D eigenvalue weighted by Crippen LogP contribution is 2.33. The Kier molecular flexibility index (Phi) is 5.47. The second-order valence-corrected chi connectivity index (χ2v) is 6.33. The molecule has 22 heavy (non-hydrogen) atoms. The average Bonchev–Trinajstić information content (AvgIpc) is 2.33. The van der Waals surface area contributed by atoms with Gasteiger partial charge in [0, 0.05) is 12.8 Å². The largest absolute Gasteiger partial charge is 0.573 e. The molecule has 0 N–H and O–H groups in total. The molecule has 1 aromatic rings. The topological polar surface area (TPSA) is 9.23 Å². The maximum atomic E-state index is 13.4. The van der Waals surface area contributed by atoms with Gasteiger partial charge in [0.05, 0.1) is 0 Å². The molecule has 0 aromatic heterocycles. The number of hydrogen-bond acceptors (Lipinski definition) is 1. The van der Waals surface area contributed by atoms with Gasteiger partial charge in [-0.1, -0.05) is 33.8 Å². The SMILES string of the molecule is CCC(F)(F)CCc1cc(OC(F)(F)F)ccc1C(C)(C)C. The lowest BCUT2D eigenvalue weighted by Crippen LogP contribution is -2.20. The molecule has 1 rings (SSSR count). The highest BCUT2D eigenvalue weighted by atomic mass is 19.4. The molecule has 0 aliphatic heterocycles. The first-order chi connectivity index (χ1) is 9.84. The van der Waals surface area contributed by atoms with Crippen molar-refractivity contribution in [2.24, 2.45) is 0 Å². The summed E-state index contributed by atoms with van der Waals surface area (Å²) in [5.74, 6) is -3.20. The van der Waals surface area contributed by atoms with Gasteiger partial charge in [-0.2, -0.15) is 0 Å². The van der Waals surface area contributed by atoms with Gasteiger partial charge in [-0.05, 0) is 35.1 Å². The van der Waals surface area contributed by atoms with E-state index in [-0.39, 0.29) is 24.0 Å². The highest BCUT2D eigenvalue weighted by Gasteiger charge is 2.32. The van der Waals surface area contributed by atoms with Crippen molar-refractivity contribution in [3.63, 3.8) is 0 Å². The molecule has 126 valence electrons. The first kappa shape index (κ1) is 18.7. The quantitative estimate of drug-likeness (QED) is 0.616. The molecule has 0 fully saturated rings. The Hall–Kier alpha value is -1.33. The normalized spacial score (nSPS) is 13.3. The van der Waals surface area contributed by atoms with Gasteiger partial charge in [0.1, 0.15) is 5.75 Å². The van der Waals surface area contributed by atoms with Crippen LogP contribution in [0.1, 0.15) is 51.7 Å². The molecule has 1 nitrogen and oxygen atoms in total. The monoisotopic (exact) mass is 324 g/mol. The predicted molar refractivity (Wildman–Crippen MR) is 75.4 cm³/mol. The molecule has 0 aliphatic carbocycles. The van der Waals surface area contributed by atoms with Crippen molar-refractivity contribution in [3.05, 3.63) is 29.3 Å². The van der Waals surface area contributed by atoms with Gasteiger partial charge in [0.15, 0.2) is 0 Å². The van der Waals surface area contributed by atoms with Gasteiger partial charge in [0.2, 0.25) is 5.92 Å². The third kappa shape index (κ3) is 5.81. The van der Waals surface area contributed by atoms with Gasteiger partial charge in [-0.3, -0.25) is 0 Å². The zero-order valence-corrected chi connectivity index (χ0v) is 13.2. The first-order valence-electron chi connectivity index (χ1n) is 7.11. The number of alkyl halides is 5. The summed E-state index contributed by atoms with van der Waals surface area (Å²) in [6.07, 6.45) is -5.49. The van der Waals surface area contributed by atoms with Crippen molar-refractivity contribution in [2.45, 2.75) is 64.7 Å². The van der Waals surface area contributed by atoms with E-state index in [2.05, 4.69) is 4.74 Å². The van der Waals surface area contributed by atoms with E-state index in [1.165, 1.54) is 25.1 Å². The molecular weight excluding hydrogens is 303 g/mol. The second kappa shape index (κ2) is 6.42. The molecule has 0 saturated carbocycles. The van der Waals surface area contributed by atoms with Crippen molar-refractivity contribution >= 4 is 0 Å². The fourth-order valence-corrected chi connectivity index (χ4v) is 2.20. The summed E-state index contributed by atoms with van der Waals surface area (Å²) in [6, 6.07) is 3.94. The molecular formula is C16H21F5O. The standard InChI is InChI=1S/C16H21F5O/c1-5-15(17,18)9-8-11-10-12(22-16(19,20)21)6-7-13(11)14(2,3)4/h6-7,10H,5,8-9H2,1-4H3. The van der Waals surface area contributed by atoms with Crippen LogP contribution in [0, 0.1) is 0 Å². The Balaban J connectivity index is 3.10. The van der Waals surface area contributed by atoms with E-state index in [0.29, 0.717) is 5.56 Å². The van der Waals surface area contributed by atoms with Gasteiger partial charge in [-0.15, -0.1) is 13.2 Å². The maximum absolute atomic E-state index is 13.4. The van der Waals surface area contributed by atoms with Crippen LogP contribution in [0.4, 0.5) is 22.0 Å². The van der Waals surface area contributed by atoms with Crippen molar-refractivity contribution in [1.82, 2.24) is 0 Å². The Morgan fingerprint density at radius 1 is 1.00 bits per heavy atom. The number of hydrogen-bond donors (Lipinski definition) is 0. The van der Waals surface area contributed by atoms with Gasteiger partial charge in [0.25, 0.3) is 0 Å². The lowest BCUT2D eigenvalue weighted by molar-refractivity contribution is -0.274. The first-order valence-corrected chi connectivity index (χ1v) is 7.11. The molecule has 0 heterocycles. The lowest BCUT2D eigenvalue weighted by atomic mass is 9.82. The third-order valence-corrected chi connectivity index (χ3v) is 3.40. The summed E-state index contributed by atoms with van der Waals surface area (Å²) in [4.78, 5) is 0. The summed E-state index contributed by atoms with van der Waals surface area (Å²) in [5.41, 5.74) is 0.851. The fraction of sp³-hybridized carbons (Fsp3) is 0.625. The number of aryl methyl sites for hydroxylation is 1. The predicted octanol–water partition coefficient (Wildman–Crippen LogP) is 5.86. The van der Waals surface area contributed by atoms with Crippen LogP contribution in [0.5, 0.6) is 5.75 Å². The summed E-state index contributed by atoms with van der Waals surface area (Å²) in [5, 5.41) is 0. The number of benzene rings is 1. The van der Waals surface area contributed by atoms with E-state index in [4.69, 9.17) is 0 Å². The molecule has 1 aromatic carbocycles. The summed E-state index contributed by atoms with van der Waals surface area (Å²) >= 11 is 0. The Morgan fingerprint density at radius 3 is 2.05 bits per heavy atom. The van der Waals surface area contributed by atoms with E-state index in [1.54, 1.807) is 0 Å². The second-order valence-electron chi connectivity index (χ2n) is 6.33. The van der Waals surface area contributed by atoms with Crippen LogP contribution >= 0.6 is 0 Å². The minimum atomic E-state index is -4.80. The average molecular weight is 324 g/mol. The third-order valence-electron chi connectivity index (χ3n) is 3.40. The van der Waals surface area contributed by atoms with Crippen LogP contribution in [0.2, 0.25) is 0 Å². The van der Waals surface area contributed by atoms with Crippen LogP contribution in [0.15, 0.2) is 18.2 Å². The molecule has 0 atom stereocenters. The van der Waals surface area contributed by atoms with Crippen molar-refractivity contribution in [2.75, 3.05) is 0 Å². The minimum absolute atomic E-state index is 0.00248. The van der Waals surface area contributed by atoms with Crippen molar-refractivity contribution in [1.29, 1.82) is 0 Å². The Labute approximate surface area is 127 Å². The van der Waals surface area contributed by atoms with E-state index in [1.807, 2.05) is 20.8 Å². The number of rotatable bonds is 5. The Morgan fingerprint density at radius 2 is 1.59 bits per heavy atom. The smallest absolute Gasteiger partial charge is 0.406 e. The van der Waals surface area contributed by atoms with Crippen molar-refractivity contribution < 1.29 is 26.7 Å². The van der Waals surface area contributed by atoms with Gasteiger partial charge in [-0.25, -0.2) is 8.78 Å². The van der Waals surface area contributed by atoms with Gasteiger partial charge < -0.3 is 4.74 Å². The molecule has 0 bridgehead atoms. The summed E-state index contributed by atoms with van der Waals surface area (Å²) < 4.78 is 67.6. The van der Waals surface area contributed by atoms with Crippen LogP contribution in [0.25, 0.3) is 0 Å². The fourth-order valence-electron chi connectivity index (χ4n) is 2.20. The van der Waals surface area contributed by atoms with E-state index in [9.17, 15) is 22.0 Å². The molecule has 0 saturated heterocycles. The minimum Gasteiger partial charge on any atom is -0.406 e. The summed E-state index contributed by atoms with van der Waals surface area (Å²) in [7, 11) is 0. The molecule has 0 aliphatic rings. The summed E-state index contributed by atoms with van der Waals surface area (Å²) in [6.45, 7) is 7.03. The molecule has 0 amide bonds. The van der Waals surface area contributed by atoms with Crippen molar-refractivity contribution in [3.8, 4) is 5.75 Å². The highest BCUT2D eigenvalue weighted by molar-refractivity contribution is 5.39. The van der Waals surface area contributed by atoms with E-state index in [0.717, 1.165) is 5.56 Å². The van der Waals surface area contributed by atoms with Crippen LogP contribution in [0.3, 0.4) is 0 Å². The Bertz CT molecular complexity index is 500. The maximum Gasteiger partial charge on any atom is 0.573 e. The van der Waals surface area contributed by atoms with E-state index < -0.39 is 18.7 Å². The number of halogens is 5. The number of ether oxygens (including phenoxy) is 1. The van der Waals surface area contributed by atoms with Crippen LogP contribution in [-0.2, 0) is 11.8 Å².